The van der Waals surface area contributed by atoms with Crippen LogP contribution in [0.2, 0.25) is 5.02 Å². The van der Waals surface area contributed by atoms with Gasteiger partial charge in [0.2, 0.25) is 0 Å². The second-order valence-electron chi connectivity index (χ2n) is 4.55. The maximum absolute atomic E-state index is 6.46. The van der Waals surface area contributed by atoms with E-state index in [-0.39, 0.29) is 5.54 Å². The van der Waals surface area contributed by atoms with Gasteiger partial charge in [-0.1, -0.05) is 24.4 Å². The molecule has 0 radical (unpaired) electrons. The lowest BCUT2D eigenvalue weighted by atomic mass is 9.88. The first-order valence-corrected chi connectivity index (χ1v) is 6.19. The standard InChI is InChI=1S/C13H18ClNO2/c1-16-11-8-9(14)7-10(12(11)17-2)13(15)5-3-4-6-13/h7-8H,3-6,15H2,1-2H3. The number of methoxy groups -OCH3 is 2. The van der Waals surface area contributed by atoms with E-state index in [0.717, 1.165) is 31.2 Å². The molecule has 2 rings (SSSR count). The van der Waals surface area contributed by atoms with Gasteiger partial charge >= 0.3 is 0 Å². The molecule has 1 aromatic rings. The van der Waals surface area contributed by atoms with Gasteiger partial charge in [0.25, 0.3) is 0 Å². The molecule has 1 aliphatic rings. The van der Waals surface area contributed by atoms with E-state index in [1.807, 2.05) is 6.07 Å². The van der Waals surface area contributed by atoms with Crippen LogP contribution in [-0.4, -0.2) is 14.2 Å². The van der Waals surface area contributed by atoms with Crippen molar-refractivity contribution >= 4 is 11.6 Å². The van der Waals surface area contributed by atoms with Crippen molar-refractivity contribution in [2.45, 2.75) is 31.2 Å². The first kappa shape index (κ1) is 12.5. The molecular weight excluding hydrogens is 238 g/mol. The summed E-state index contributed by atoms with van der Waals surface area (Å²) < 4.78 is 10.7. The molecular formula is C13H18ClNO2. The van der Waals surface area contributed by atoms with Crippen LogP contribution < -0.4 is 15.2 Å². The van der Waals surface area contributed by atoms with Gasteiger partial charge in [0.15, 0.2) is 11.5 Å². The Morgan fingerprint density at radius 2 is 1.82 bits per heavy atom. The molecule has 0 saturated heterocycles. The third kappa shape index (κ3) is 2.22. The molecule has 0 bridgehead atoms. The van der Waals surface area contributed by atoms with Crippen LogP contribution in [0.15, 0.2) is 12.1 Å². The molecule has 1 aromatic carbocycles. The summed E-state index contributed by atoms with van der Waals surface area (Å²) in [5.41, 5.74) is 7.09. The van der Waals surface area contributed by atoms with Crippen molar-refractivity contribution in [3.8, 4) is 11.5 Å². The first-order chi connectivity index (χ1) is 8.10. The molecule has 94 valence electrons. The summed E-state index contributed by atoms with van der Waals surface area (Å²) in [6, 6.07) is 3.65. The highest BCUT2D eigenvalue weighted by atomic mass is 35.5. The van der Waals surface area contributed by atoms with E-state index >= 15 is 0 Å². The molecule has 0 heterocycles. The van der Waals surface area contributed by atoms with Crippen molar-refractivity contribution < 1.29 is 9.47 Å². The molecule has 4 heteroatoms. The average molecular weight is 256 g/mol. The molecule has 2 N–H and O–H groups in total. The van der Waals surface area contributed by atoms with Crippen molar-refractivity contribution in [3.05, 3.63) is 22.7 Å². The van der Waals surface area contributed by atoms with Crippen molar-refractivity contribution in [2.24, 2.45) is 5.73 Å². The van der Waals surface area contributed by atoms with Crippen molar-refractivity contribution in [1.29, 1.82) is 0 Å². The summed E-state index contributed by atoms with van der Waals surface area (Å²) in [5.74, 6) is 1.35. The summed E-state index contributed by atoms with van der Waals surface area (Å²) in [7, 11) is 3.24. The third-order valence-corrected chi connectivity index (χ3v) is 3.69. The summed E-state index contributed by atoms with van der Waals surface area (Å²) in [6.07, 6.45) is 4.22. The lowest BCUT2D eigenvalue weighted by Gasteiger charge is -2.27. The fraction of sp³-hybridized carbons (Fsp3) is 0.538. The van der Waals surface area contributed by atoms with Crippen LogP contribution in [0.4, 0.5) is 0 Å². The Balaban J connectivity index is 2.55. The molecule has 0 aromatic heterocycles. The fourth-order valence-corrected chi connectivity index (χ4v) is 2.78. The molecule has 0 aliphatic heterocycles. The Bertz CT molecular complexity index is 414. The van der Waals surface area contributed by atoms with E-state index in [1.54, 1.807) is 20.3 Å². The van der Waals surface area contributed by atoms with E-state index in [1.165, 1.54) is 0 Å². The molecule has 3 nitrogen and oxygen atoms in total. The van der Waals surface area contributed by atoms with Crippen LogP contribution in [0.1, 0.15) is 31.2 Å². The van der Waals surface area contributed by atoms with Crippen LogP contribution in [0.5, 0.6) is 11.5 Å². The number of rotatable bonds is 3. The van der Waals surface area contributed by atoms with Gasteiger partial charge in [0, 0.05) is 22.2 Å². The number of halogens is 1. The Kier molecular flexibility index (Phi) is 3.50. The number of hydrogen-bond acceptors (Lipinski definition) is 3. The van der Waals surface area contributed by atoms with Gasteiger partial charge in [-0.3, -0.25) is 0 Å². The summed E-state index contributed by atoms with van der Waals surface area (Å²) in [5, 5.41) is 0.634. The summed E-state index contributed by atoms with van der Waals surface area (Å²) >= 11 is 6.11. The minimum absolute atomic E-state index is 0.330. The highest BCUT2D eigenvalue weighted by Gasteiger charge is 2.35. The van der Waals surface area contributed by atoms with Crippen molar-refractivity contribution in [3.63, 3.8) is 0 Å². The van der Waals surface area contributed by atoms with E-state index in [2.05, 4.69) is 0 Å². The van der Waals surface area contributed by atoms with Crippen molar-refractivity contribution in [1.82, 2.24) is 0 Å². The number of hydrogen-bond donors (Lipinski definition) is 1. The van der Waals surface area contributed by atoms with E-state index in [0.29, 0.717) is 16.5 Å². The molecule has 17 heavy (non-hydrogen) atoms. The quantitative estimate of drug-likeness (QED) is 0.903. The minimum atomic E-state index is -0.330. The predicted octanol–water partition coefficient (Wildman–Crippen LogP) is 3.09. The van der Waals surface area contributed by atoms with Gasteiger partial charge < -0.3 is 15.2 Å². The zero-order valence-electron chi connectivity index (χ0n) is 10.3. The molecule has 1 aliphatic carbocycles. The minimum Gasteiger partial charge on any atom is -0.493 e. The monoisotopic (exact) mass is 255 g/mol. The fourth-order valence-electron chi connectivity index (χ4n) is 2.58. The zero-order valence-corrected chi connectivity index (χ0v) is 11.0. The molecule has 0 amide bonds. The molecule has 0 unspecified atom stereocenters. The van der Waals surface area contributed by atoms with Gasteiger partial charge in [0.05, 0.1) is 14.2 Å². The maximum Gasteiger partial charge on any atom is 0.165 e. The van der Waals surface area contributed by atoms with Crippen LogP contribution >= 0.6 is 11.6 Å². The Labute approximate surface area is 107 Å². The highest BCUT2D eigenvalue weighted by molar-refractivity contribution is 6.30. The van der Waals surface area contributed by atoms with Gasteiger partial charge in [-0.05, 0) is 18.9 Å². The molecule has 1 fully saturated rings. The van der Waals surface area contributed by atoms with E-state index < -0.39 is 0 Å². The first-order valence-electron chi connectivity index (χ1n) is 5.81. The lowest BCUT2D eigenvalue weighted by molar-refractivity contribution is 0.337. The highest BCUT2D eigenvalue weighted by Crippen LogP contribution is 2.45. The summed E-state index contributed by atoms with van der Waals surface area (Å²) in [4.78, 5) is 0. The maximum atomic E-state index is 6.46. The lowest BCUT2D eigenvalue weighted by Crippen LogP contribution is -2.33. The van der Waals surface area contributed by atoms with Gasteiger partial charge in [0.1, 0.15) is 0 Å². The Morgan fingerprint density at radius 1 is 1.18 bits per heavy atom. The van der Waals surface area contributed by atoms with Crippen LogP contribution in [0.25, 0.3) is 0 Å². The average Bonchev–Trinajstić information content (AvgIpc) is 2.76. The Morgan fingerprint density at radius 3 is 2.35 bits per heavy atom. The smallest absolute Gasteiger partial charge is 0.165 e. The van der Waals surface area contributed by atoms with Crippen molar-refractivity contribution in [2.75, 3.05) is 14.2 Å². The topological polar surface area (TPSA) is 44.5 Å². The largest absolute Gasteiger partial charge is 0.493 e. The van der Waals surface area contributed by atoms with Crippen LogP contribution in [-0.2, 0) is 5.54 Å². The SMILES string of the molecule is COc1cc(Cl)cc(C2(N)CCCC2)c1OC. The third-order valence-electron chi connectivity index (χ3n) is 3.48. The Hall–Kier alpha value is -0.930. The second kappa shape index (κ2) is 4.75. The molecule has 0 spiro atoms. The number of benzene rings is 1. The van der Waals surface area contributed by atoms with Crippen LogP contribution in [0, 0.1) is 0 Å². The van der Waals surface area contributed by atoms with E-state index in [9.17, 15) is 0 Å². The van der Waals surface area contributed by atoms with Gasteiger partial charge in [-0.25, -0.2) is 0 Å². The zero-order chi connectivity index (χ0) is 12.5. The van der Waals surface area contributed by atoms with Crippen LogP contribution in [0.3, 0.4) is 0 Å². The van der Waals surface area contributed by atoms with Gasteiger partial charge in [-0.15, -0.1) is 0 Å². The van der Waals surface area contributed by atoms with Gasteiger partial charge in [-0.2, -0.15) is 0 Å². The number of nitrogens with two attached hydrogens (primary N) is 1. The number of ether oxygens (including phenoxy) is 2. The normalized spacial score (nSPS) is 18.1. The summed E-state index contributed by atoms with van der Waals surface area (Å²) in [6.45, 7) is 0. The van der Waals surface area contributed by atoms with E-state index in [4.69, 9.17) is 26.8 Å². The second-order valence-corrected chi connectivity index (χ2v) is 4.99. The molecule has 0 atom stereocenters. The predicted molar refractivity (Wildman–Crippen MR) is 68.9 cm³/mol. The molecule has 1 saturated carbocycles.